The predicted molar refractivity (Wildman–Crippen MR) is 66.6 cm³/mol. The predicted octanol–water partition coefficient (Wildman–Crippen LogP) is 1.16. The van der Waals surface area contributed by atoms with Gasteiger partial charge in [-0.3, -0.25) is 4.79 Å². The second kappa shape index (κ2) is 4.99. The fourth-order valence-corrected chi connectivity index (χ4v) is 1.84. The second-order valence-electron chi connectivity index (χ2n) is 5.05. The molecule has 2 aromatic rings. The van der Waals surface area contributed by atoms with E-state index in [0.717, 1.165) is 13.8 Å². The molecule has 9 heteroatoms. The molecule has 0 fully saturated rings. The van der Waals surface area contributed by atoms with Crippen molar-refractivity contribution in [3.05, 3.63) is 30.2 Å². The number of alkyl halides is 3. The third kappa shape index (κ3) is 2.97. The molecule has 21 heavy (non-hydrogen) atoms. The standard InChI is InChI=1S/C12H13F3N4O2/c1-11(2,10(21)12(13,14)15)18-9(20)7-3-5-16-8-4-6-17-19(7)8/h3-6,10,21H,1-2H3,(H,18,20). The van der Waals surface area contributed by atoms with Crippen molar-refractivity contribution in [1.82, 2.24) is 19.9 Å². The zero-order valence-corrected chi connectivity index (χ0v) is 11.2. The molecule has 0 radical (unpaired) electrons. The molecule has 1 amide bonds. The van der Waals surface area contributed by atoms with Crippen molar-refractivity contribution in [3.8, 4) is 0 Å². The summed E-state index contributed by atoms with van der Waals surface area (Å²) < 4.78 is 38.9. The maximum absolute atomic E-state index is 12.6. The number of halogens is 3. The molecule has 114 valence electrons. The van der Waals surface area contributed by atoms with Crippen LogP contribution >= 0.6 is 0 Å². The molecule has 0 aliphatic heterocycles. The lowest BCUT2D eigenvalue weighted by atomic mass is 9.96. The first-order chi connectivity index (χ1) is 9.63. The minimum atomic E-state index is -4.84. The number of amides is 1. The number of aromatic nitrogens is 3. The van der Waals surface area contributed by atoms with Gasteiger partial charge in [-0.2, -0.15) is 18.3 Å². The number of nitrogens with one attached hydrogen (secondary N) is 1. The zero-order valence-electron chi connectivity index (χ0n) is 11.2. The molecule has 0 spiro atoms. The highest BCUT2D eigenvalue weighted by Gasteiger charge is 2.48. The van der Waals surface area contributed by atoms with Gasteiger partial charge in [0.2, 0.25) is 0 Å². The topological polar surface area (TPSA) is 79.5 Å². The van der Waals surface area contributed by atoms with Crippen LogP contribution in [0.5, 0.6) is 0 Å². The van der Waals surface area contributed by atoms with Gasteiger partial charge in [0.1, 0.15) is 5.69 Å². The van der Waals surface area contributed by atoms with Gasteiger partial charge in [-0.1, -0.05) is 0 Å². The van der Waals surface area contributed by atoms with Crippen LogP contribution < -0.4 is 5.32 Å². The first-order valence-corrected chi connectivity index (χ1v) is 5.99. The number of aliphatic hydroxyl groups excluding tert-OH is 1. The van der Waals surface area contributed by atoms with E-state index in [1.807, 2.05) is 0 Å². The van der Waals surface area contributed by atoms with E-state index in [4.69, 9.17) is 0 Å². The number of hydrogen-bond acceptors (Lipinski definition) is 4. The Balaban J connectivity index is 2.27. The number of fused-ring (bicyclic) bond motifs is 1. The number of carbonyl (C=O) groups excluding carboxylic acids is 1. The average Bonchev–Trinajstić information content (AvgIpc) is 2.83. The summed E-state index contributed by atoms with van der Waals surface area (Å²) in [5, 5.41) is 15.3. The van der Waals surface area contributed by atoms with Crippen LogP contribution in [0.3, 0.4) is 0 Å². The van der Waals surface area contributed by atoms with Crippen LogP contribution in [0.25, 0.3) is 5.65 Å². The minimum absolute atomic E-state index is 0.0208. The number of aliphatic hydroxyl groups is 1. The van der Waals surface area contributed by atoms with Gasteiger partial charge < -0.3 is 10.4 Å². The lowest BCUT2D eigenvalue weighted by Gasteiger charge is -2.32. The highest BCUT2D eigenvalue weighted by molar-refractivity contribution is 5.93. The Bertz CT molecular complexity index is 666. The van der Waals surface area contributed by atoms with E-state index < -0.39 is 23.7 Å². The monoisotopic (exact) mass is 302 g/mol. The van der Waals surface area contributed by atoms with E-state index in [1.165, 1.54) is 23.0 Å². The first-order valence-electron chi connectivity index (χ1n) is 5.99. The quantitative estimate of drug-likeness (QED) is 0.891. The number of nitrogens with zero attached hydrogens (tertiary/aromatic N) is 3. The lowest BCUT2D eigenvalue weighted by Crippen LogP contribution is -2.57. The average molecular weight is 302 g/mol. The summed E-state index contributed by atoms with van der Waals surface area (Å²) in [6, 6.07) is 2.87. The van der Waals surface area contributed by atoms with Crippen LogP contribution in [-0.4, -0.2) is 43.4 Å². The number of hydrogen-bond donors (Lipinski definition) is 2. The molecule has 0 aliphatic carbocycles. The lowest BCUT2D eigenvalue weighted by molar-refractivity contribution is -0.222. The van der Waals surface area contributed by atoms with Gasteiger partial charge in [0.25, 0.3) is 5.91 Å². The van der Waals surface area contributed by atoms with Crippen molar-refractivity contribution in [2.75, 3.05) is 0 Å². The zero-order chi connectivity index (χ0) is 15.8. The molecule has 0 bridgehead atoms. The van der Waals surface area contributed by atoms with Gasteiger partial charge in [0.15, 0.2) is 11.8 Å². The summed E-state index contributed by atoms with van der Waals surface area (Å²) in [6.45, 7) is 2.18. The molecule has 6 nitrogen and oxygen atoms in total. The SMILES string of the molecule is CC(C)(NC(=O)c1ccnc2ccnn12)C(O)C(F)(F)F. The van der Waals surface area contributed by atoms with Crippen LogP contribution in [0, 0.1) is 0 Å². The summed E-state index contributed by atoms with van der Waals surface area (Å²) in [5.41, 5.74) is -1.48. The summed E-state index contributed by atoms with van der Waals surface area (Å²) in [5.74, 6) is -0.792. The smallest absolute Gasteiger partial charge is 0.382 e. The Morgan fingerprint density at radius 3 is 2.62 bits per heavy atom. The van der Waals surface area contributed by atoms with Gasteiger partial charge in [-0.15, -0.1) is 0 Å². The van der Waals surface area contributed by atoms with E-state index in [1.54, 1.807) is 6.07 Å². The molecule has 0 aliphatic rings. The van der Waals surface area contributed by atoms with Crippen LogP contribution in [0.2, 0.25) is 0 Å². The van der Waals surface area contributed by atoms with Crippen LogP contribution in [0.15, 0.2) is 24.5 Å². The van der Waals surface area contributed by atoms with Gasteiger partial charge in [-0.05, 0) is 19.9 Å². The van der Waals surface area contributed by atoms with E-state index >= 15 is 0 Å². The van der Waals surface area contributed by atoms with E-state index in [9.17, 15) is 23.1 Å². The molecular weight excluding hydrogens is 289 g/mol. The number of carbonyl (C=O) groups is 1. The third-order valence-electron chi connectivity index (χ3n) is 2.95. The second-order valence-corrected chi connectivity index (χ2v) is 5.05. The van der Waals surface area contributed by atoms with Crippen LogP contribution in [-0.2, 0) is 0 Å². The highest BCUT2D eigenvalue weighted by atomic mass is 19.4. The molecule has 2 heterocycles. The highest BCUT2D eigenvalue weighted by Crippen LogP contribution is 2.28. The Morgan fingerprint density at radius 1 is 1.33 bits per heavy atom. The van der Waals surface area contributed by atoms with Gasteiger partial charge in [0, 0.05) is 12.3 Å². The molecule has 1 atom stereocenters. The largest absolute Gasteiger partial charge is 0.416 e. The van der Waals surface area contributed by atoms with E-state index in [-0.39, 0.29) is 5.69 Å². The van der Waals surface area contributed by atoms with E-state index in [0.29, 0.717) is 5.65 Å². The van der Waals surface area contributed by atoms with Gasteiger partial charge >= 0.3 is 6.18 Å². The molecule has 2 rings (SSSR count). The van der Waals surface area contributed by atoms with Crippen molar-refractivity contribution in [2.24, 2.45) is 0 Å². The maximum Gasteiger partial charge on any atom is 0.416 e. The summed E-state index contributed by atoms with van der Waals surface area (Å²) >= 11 is 0. The Hall–Kier alpha value is -2.16. The maximum atomic E-state index is 12.6. The summed E-state index contributed by atoms with van der Waals surface area (Å²) in [7, 11) is 0. The summed E-state index contributed by atoms with van der Waals surface area (Å²) in [4.78, 5) is 16.1. The minimum Gasteiger partial charge on any atom is -0.382 e. The molecule has 2 aromatic heterocycles. The van der Waals surface area contributed by atoms with E-state index in [2.05, 4.69) is 15.4 Å². The van der Waals surface area contributed by atoms with Gasteiger partial charge in [0.05, 0.1) is 11.7 Å². The molecule has 0 saturated carbocycles. The molecule has 2 N–H and O–H groups in total. The van der Waals surface area contributed by atoms with Crippen molar-refractivity contribution in [3.63, 3.8) is 0 Å². The molecule has 0 saturated heterocycles. The van der Waals surface area contributed by atoms with Crippen molar-refractivity contribution < 1.29 is 23.1 Å². The van der Waals surface area contributed by atoms with Crippen LogP contribution in [0.1, 0.15) is 24.3 Å². The van der Waals surface area contributed by atoms with Crippen molar-refractivity contribution >= 4 is 11.6 Å². The summed E-state index contributed by atoms with van der Waals surface area (Å²) in [6.07, 6.45) is -4.77. The Labute approximate surface area is 117 Å². The fraction of sp³-hybridized carbons (Fsp3) is 0.417. The Morgan fingerprint density at radius 2 is 2.00 bits per heavy atom. The fourth-order valence-electron chi connectivity index (χ4n) is 1.84. The first kappa shape index (κ1) is 15.2. The third-order valence-corrected chi connectivity index (χ3v) is 2.95. The van der Waals surface area contributed by atoms with Crippen molar-refractivity contribution in [2.45, 2.75) is 31.7 Å². The number of rotatable bonds is 3. The Kier molecular flexibility index (Phi) is 3.62. The molecule has 0 aromatic carbocycles. The van der Waals surface area contributed by atoms with Crippen LogP contribution in [0.4, 0.5) is 13.2 Å². The normalized spacial score (nSPS) is 14.2. The van der Waals surface area contributed by atoms with Gasteiger partial charge in [-0.25, -0.2) is 9.50 Å². The van der Waals surface area contributed by atoms with Crippen molar-refractivity contribution in [1.29, 1.82) is 0 Å². The molecule has 1 unspecified atom stereocenters. The molecular formula is C12H13F3N4O2.